The Morgan fingerprint density at radius 2 is 2.24 bits per heavy atom. The Labute approximate surface area is 110 Å². The van der Waals surface area contributed by atoms with Gasteiger partial charge in [0.25, 0.3) is 5.91 Å². The molecule has 0 fully saturated rings. The Hall–Kier alpha value is -0.840. The second-order valence-electron chi connectivity index (χ2n) is 3.71. The van der Waals surface area contributed by atoms with Crippen molar-refractivity contribution < 1.29 is 9.90 Å². The van der Waals surface area contributed by atoms with E-state index < -0.39 is 0 Å². The molecule has 0 saturated carbocycles. The molecule has 0 aliphatic rings. The van der Waals surface area contributed by atoms with Crippen molar-refractivity contribution in [1.82, 2.24) is 10.3 Å². The maximum atomic E-state index is 11.7. The largest absolute Gasteiger partial charge is 0.393 e. The Morgan fingerprint density at radius 1 is 1.53 bits per heavy atom. The fourth-order valence-corrected chi connectivity index (χ4v) is 1.60. The summed E-state index contributed by atoms with van der Waals surface area (Å²) >= 11 is 11.5. The number of amides is 1. The van der Waals surface area contributed by atoms with E-state index in [1.807, 2.05) is 0 Å². The van der Waals surface area contributed by atoms with Crippen LogP contribution in [0.4, 0.5) is 0 Å². The standard InChI is InChI=1S/C11H14Cl2N2O2/c1-7(16)3-2-6-14-11(17)10-8(12)4-5-9(13)15-10/h4-5,7,16H,2-3,6H2,1H3,(H,14,17). The molecule has 1 unspecified atom stereocenters. The first-order valence-corrected chi connectivity index (χ1v) is 6.04. The topological polar surface area (TPSA) is 62.2 Å². The minimum atomic E-state index is -0.361. The number of rotatable bonds is 5. The van der Waals surface area contributed by atoms with Gasteiger partial charge in [-0.2, -0.15) is 0 Å². The molecule has 0 aromatic carbocycles. The van der Waals surface area contributed by atoms with Crippen LogP contribution in [0.25, 0.3) is 0 Å². The normalized spacial score (nSPS) is 12.2. The molecular formula is C11H14Cl2N2O2. The Morgan fingerprint density at radius 3 is 2.88 bits per heavy atom. The van der Waals surface area contributed by atoms with Crippen molar-refractivity contribution in [2.45, 2.75) is 25.9 Å². The van der Waals surface area contributed by atoms with E-state index in [1.54, 1.807) is 6.92 Å². The minimum Gasteiger partial charge on any atom is -0.393 e. The Kier molecular flexibility index (Phi) is 5.68. The van der Waals surface area contributed by atoms with Crippen LogP contribution in [0.15, 0.2) is 12.1 Å². The zero-order valence-corrected chi connectivity index (χ0v) is 10.9. The van der Waals surface area contributed by atoms with Crippen molar-refractivity contribution in [2.75, 3.05) is 6.54 Å². The van der Waals surface area contributed by atoms with Gasteiger partial charge in [-0.25, -0.2) is 4.98 Å². The van der Waals surface area contributed by atoms with E-state index in [0.717, 1.165) is 0 Å². The van der Waals surface area contributed by atoms with Gasteiger partial charge in [-0.3, -0.25) is 4.79 Å². The highest BCUT2D eigenvalue weighted by Crippen LogP contribution is 2.16. The number of carbonyl (C=O) groups is 1. The lowest BCUT2D eigenvalue weighted by atomic mass is 10.2. The molecule has 1 aromatic heterocycles. The van der Waals surface area contributed by atoms with Crippen molar-refractivity contribution in [3.63, 3.8) is 0 Å². The first kappa shape index (κ1) is 14.2. The first-order chi connectivity index (χ1) is 8.00. The second kappa shape index (κ2) is 6.79. The fourth-order valence-electron chi connectivity index (χ4n) is 1.26. The molecule has 1 aromatic rings. The highest BCUT2D eigenvalue weighted by Gasteiger charge is 2.12. The summed E-state index contributed by atoms with van der Waals surface area (Å²) in [4.78, 5) is 15.5. The van der Waals surface area contributed by atoms with E-state index in [4.69, 9.17) is 28.3 Å². The molecule has 0 bridgehead atoms. The second-order valence-corrected chi connectivity index (χ2v) is 4.51. The average Bonchev–Trinajstić information content (AvgIpc) is 2.27. The molecule has 94 valence electrons. The van der Waals surface area contributed by atoms with E-state index in [0.29, 0.717) is 19.4 Å². The molecule has 0 aliphatic heterocycles. The van der Waals surface area contributed by atoms with Crippen molar-refractivity contribution in [1.29, 1.82) is 0 Å². The van der Waals surface area contributed by atoms with Gasteiger partial charge in [0.2, 0.25) is 0 Å². The summed E-state index contributed by atoms with van der Waals surface area (Å²) in [6, 6.07) is 3.05. The van der Waals surface area contributed by atoms with Crippen LogP contribution in [0.2, 0.25) is 10.2 Å². The van der Waals surface area contributed by atoms with Crippen molar-refractivity contribution >= 4 is 29.1 Å². The van der Waals surface area contributed by atoms with Crippen LogP contribution >= 0.6 is 23.2 Å². The van der Waals surface area contributed by atoms with Gasteiger partial charge in [-0.1, -0.05) is 23.2 Å². The maximum absolute atomic E-state index is 11.7. The SMILES string of the molecule is CC(O)CCCNC(=O)c1nc(Cl)ccc1Cl. The van der Waals surface area contributed by atoms with Crippen molar-refractivity contribution in [2.24, 2.45) is 0 Å². The molecule has 0 saturated heterocycles. The zero-order valence-electron chi connectivity index (χ0n) is 9.41. The van der Waals surface area contributed by atoms with E-state index in [9.17, 15) is 4.79 Å². The predicted molar refractivity (Wildman–Crippen MR) is 67.5 cm³/mol. The van der Waals surface area contributed by atoms with Crippen LogP contribution in [0.3, 0.4) is 0 Å². The van der Waals surface area contributed by atoms with Gasteiger partial charge >= 0.3 is 0 Å². The van der Waals surface area contributed by atoms with Crippen molar-refractivity contribution in [3.05, 3.63) is 28.0 Å². The number of hydrogen-bond donors (Lipinski definition) is 2. The van der Waals surface area contributed by atoms with Crippen molar-refractivity contribution in [3.8, 4) is 0 Å². The van der Waals surface area contributed by atoms with Gasteiger partial charge in [-0.15, -0.1) is 0 Å². The van der Waals surface area contributed by atoms with Crippen LogP contribution in [0.5, 0.6) is 0 Å². The third-order valence-electron chi connectivity index (χ3n) is 2.11. The molecule has 0 aliphatic carbocycles. The molecular weight excluding hydrogens is 263 g/mol. The monoisotopic (exact) mass is 276 g/mol. The van der Waals surface area contributed by atoms with E-state index in [2.05, 4.69) is 10.3 Å². The lowest BCUT2D eigenvalue weighted by Gasteiger charge is -2.07. The summed E-state index contributed by atoms with van der Waals surface area (Å²) in [7, 11) is 0. The predicted octanol–water partition coefficient (Wildman–Crippen LogP) is 2.28. The summed E-state index contributed by atoms with van der Waals surface area (Å²) in [6.45, 7) is 2.17. The number of hydrogen-bond acceptors (Lipinski definition) is 3. The number of aliphatic hydroxyl groups excluding tert-OH is 1. The highest BCUT2D eigenvalue weighted by atomic mass is 35.5. The third-order valence-corrected chi connectivity index (χ3v) is 2.63. The van der Waals surface area contributed by atoms with Crippen LogP contribution in [0.1, 0.15) is 30.3 Å². The van der Waals surface area contributed by atoms with Crippen LogP contribution in [-0.4, -0.2) is 28.6 Å². The number of nitrogens with zero attached hydrogens (tertiary/aromatic N) is 1. The number of aliphatic hydroxyl groups is 1. The number of halogens is 2. The van der Waals surface area contributed by atoms with Gasteiger partial charge in [-0.05, 0) is 31.9 Å². The van der Waals surface area contributed by atoms with Gasteiger partial charge in [0.05, 0.1) is 11.1 Å². The number of carbonyl (C=O) groups excluding carboxylic acids is 1. The summed E-state index contributed by atoms with van der Waals surface area (Å²) in [5.41, 5.74) is 0.121. The van der Waals surface area contributed by atoms with E-state index in [-0.39, 0.29) is 27.9 Å². The molecule has 6 heteroatoms. The number of pyridine rings is 1. The van der Waals surface area contributed by atoms with E-state index >= 15 is 0 Å². The average molecular weight is 277 g/mol. The fraction of sp³-hybridized carbons (Fsp3) is 0.455. The van der Waals surface area contributed by atoms with E-state index in [1.165, 1.54) is 12.1 Å². The Bertz CT molecular complexity index is 397. The number of aromatic nitrogens is 1. The third kappa shape index (κ3) is 4.89. The number of nitrogens with one attached hydrogen (secondary N) is 1. The molecule has 4 nitrogen and oxygen atoms in total. The van der Waals surface area contributed by atoms with Gasteiger partial charge in [0.15, 0.2) is 0 Å². The summed E-state index contributed by atoms with van der Waals surface area (Å²) in [5.74, 6) is -0.358. The Balaban J connectivity index is 2.49. The van der Waals surface area contributed by atoms with Crippen LogP contribution in [-0.2, 0) is 0 Å². The lowest BCUT2D eigenvalue weighted by molar-refractivity contribution is 0.0945. The molecule has 1 heterocycles. The lowest BCUT2D eigenvalue weighted by Crippen LogP contribution is -2.26. The molecule has 1 rings (SSSR count). The van der Waals surface area contributed by atoms with Gasteiger partial charge < -0.3 is 10.4 Å². The quantitative estimate of drug-likeness (QED) is 0.641. The molecule has 0 spiro atoms. The molecule has 0 radical (unpaired) electrons. The van der Waals surface area contributed by atoms with Crippen LogP contribution < -0.4 is 5.32 Å². The van der Waals surface area contributed by atoms with Crippen LogP contribution in [0, 0.1) is 0 Å². The molecule has 1 atom stereocenters. The molecule has 17 heavy (non-hydrogen) atoms. The molecule has 2 N–H and O–H groups in total. The summed E-state index contributed by atoms with van der Waals surface area (Å²) in [6.07, 6.45) is 0.971. The summed E-state index contributed by atoms with van der Waals surface area (Å²) < 4.78 is 0. The van der Waals surface area contributed by atoms with Gasteiger partial charge in [0, 0.05) is 6.54 Å². The molecule has 1 amide bonds. The minimum absolute atomic E-state index is 0.121. The smallest absolute Gasteiger partial charge is 0.271 e. The maximum Gasteiger partial charge on any atom is 0.271 e. The zero-order chi connectivity index (χ0) is 12.8. The highest BCUT2D eigenvalue weighted by molar-refractivity contribution is 6.34. The summed E-state index contributed by atoms with van der Waals surface area (Å²) in [5, 5.41) is 12.2. The first-order valence-electron chi connectivity index (χ1n) is 5.29. The van der Waals surface area contributed by atoms with Gasteiger partial charge in [0.1, 0.15) is 10.8 Å².